The predicted molar refractivity (Wildman–Crippen MR) is 123 cm³/mol. The number of hydrogen-bond donors (Lipinski definition) is 2. The lowest BCUT2D eigenvalue weighted by molar-refractivity contribution is -0.147. The Kier molecular flexibility index (Phi) is 6.87. The molecule has 3 aromatic carbocycles. The largest absolute Gasteiger partial charge is 0.484 e. The molecule has 36 heavy (non-hydrogen) atoms. The number of ether oxygens (including phenoxy) is 1. The van der Waals surface area contributed by atoms with Crippen LogP contribution in [0, 0.1) is 11.3 Å². The summed E-state index contributed by atoms with van der Waals surface area (Å²) in [7, 11) is 0. The van der Waals surface area contributed by atoms with Crippen LogP contribution in [0.2, 0.25) is 0 Å². The molecule has 2 amide bonds. The molecule has 11 heteroatoms. The molecule has 1 aromatic heterocycles. The molecular weight excluding hydrogens is 475 g/mol. The highest BCUT2D eigenvalue weighted by molar-refractivity contribution is 5.84. The highest BCUT2D eigenvalue weighted by Gasteiger charge is 2.38. The number of rotatable bonds is 6. The molecular formula is C25H18F3N5O3. The van der Waals surface area contributed by atoms with Crippen molar-refractivity contribution in [1.29, 1.82) is 5.26 Å². The van der Waals surface area contributed by atoms with E-state index in [2.05, 4.69) is 21.9 Å². The van der Waals surface area contributed by atoms with Crippen molar-refractivity contribution >= 4 is 22.8 Å². The first-order valence-electron chi connectivity index (χ1n) is 10.6. The van der Waals surface area contributed by atoms with Crippen LogP contribution in [0.5, 0.6) is 5.75 Å². The van der Waals surface area contributed by atoms with Gasteiger partial charge >= 0.3 is 6.18 Å². The Bertz CT molecular complexity index is 1440. The highest BCUT2D eigenvalue weighted by Crippen LogP contribution is 2.31. The van der Waals surface area contributed by atoms with E-state index < -0.39 is 37.0 Å². The van der Waals surface area contributed by atoms with Crippen molar-refractivity contribution in [3.63, 3.8) is 0 Å². The van der Waals surface area contributed by atoms with Crippen molar-refractivity contribution in [3.05, 3.63) is 84.2 Å². The number of nitrogens with one attached hydrogen (secondary N) is 2. The Hall–Kier alpha value is -4.85. The second-order valence-electron chi connectivity index (χ2n) is 7.61. The van der Waals surface area contributed by atoms with Crippen molar-refractivity contribution in [2.45, 2.75) is 12.7 Å². The van der Waals surface area contributed by atoms with Gasteiger partial charge in [0.05, 0.1) is 22.7 Å². The van der Waals surface area contributed by atoms with E-state index in [0.29, 0.717) is 11.3 Å². The van der Waals surface area contributed by atoms with Gasteiger partial charge in [0.25, 0.3) is 11.8 Å². The molecule has 0 aliphatic rings. The van der Waals surface area contributed by atoms with Gasteiger partial charge in [0.15, 0.2) is 6.61 Å². The van der Waals surface area contributed by atoms with Crippen molar-refractivity contribution < 1.29 is 27.5 Å². The van der Waals surface area contributed by atoms with E-state index in [1.807, 2.05) is 12.1 Å². The standard InChI is InChI=1S/C25H18F3N5O3/c26-25(27,28)24-30-20-3-1-2-4-21(20)33(24)14-22(34)31-32-23(35)15-36-19-11-9-18(10-12-19)17-7-5-16(13-29)6-8-17/h1-12H,14-15H2,(H,31,34)(H,32,35). The third-order valence-corrected chi connectivity index (χ3v) is 5.12. The van der Waals surface area contributed by atoms with Gasteiger partial charge in [-0.05, 0) is 47.5 Å². The van der Waals surface area contributed by atoms with Crippen LogP contribution in [0.1, 0.15) is 11.4 Å². The molecule has 0 spiro atoms. The van der Waals surface area contributed by atoms with E-state index >= 15 is 0 Å². The van der Waals surface area contributed by atoms with Crippen LogP contribution in [-0.4, -0.2) is 28.0 Å². The van der Waals surface area contributed by atoms with Crippen molar-refractivity contribution in [2.75, 3.05) is 6.61 Å². The number of hydrogen-bond acceptors (Lipinski definition) is 5. The fraction of sp³-hybridized carbons (Fsp3) is 0.120. The summed E-state index contributed by atoms with van der Waals surface area (Å²) in [5.74, 6) is -2.39. The van der Waals surface area contributed by atoms with E-state index in [4.69, 9.17) is 10.00 Å². The van der Waals surface area contributed by atoms with E-state index in [1.165, 1.54) is 18.2 Å². The number of imidazole rings is 1. The molecule has 1 heterocycles. The van der Waals surface area contributed by atoms with Gasteiger partial charge in [0.1, 0.15) is 12.3 Å². The predicted octanol–water partition coefficient (Wildman–Crippen LogP) is 3.82. The number of carbonyl (C=O) groups excluding carboxylic acids is 2. The van der Waals surface area contributed by atoms with Crippen LogP contribution in [0.25, 0.3) is 22.2 Å². The third-order valence-electron chi connectivity index (χ3n) is 5.12. The zero-order chi connectivity index (χ0) is 25.7. The first kappa shape index (κ1) is 24.3. The first-order valence-corrected chi connectivity index (χ1v) is 10.6. The number of halogens is 3. The minimum absolute atomic E-state index is 0.0975. The molecule has 0 saturated heterocycles. The third kappa shape index (κ3) is 5.61. The van der Waals surface area contributed by atoms with Crippen molar-refractivity contribution in [1.82, 2.24) is 20.4 Å². The molecule has 4 rings (SSSR count). The summed E-state index contributed by atoms with van der Waals surface area (Å²) in [6.45, 7) is -1.13. The fourth-order valence-electron chi connectivity index (χ4n) is 3.44. The van der Waals surface area contributed by atoms with E-state index in [1.54, 1.807) is 42.5 Å². The van der Waals surface area contributed by atoms with Crippen LogP contribution in [0.4, 0.5) is 13.2 Å². The number of alkyl halides is 3. The minimum Gasteiger partial charge on any atom is -0.484 e. The number of carbonyl (C=O) groups is 2. The van der Waals surface area contributed by atoms with Gasteiger partial charge in [0.2, 0.25) is 5.82 Å². The zero-order valence-electron chi connectivity index (χ0n) is 18.5. The summed E-state index contributed by atoms with van der Waals surface area (Å²) in [5, 5.41) is 8.88. The maximum Gasteiger partial charge on any atom is 0.449 e. The number of aromatic nitrogens is 2. The SMILES string of the molecule is N#Cc1ccc(-c2ccc(OCC(=O)NNC(=O)Cn3c(C(F)(F)F)nc4ccccc43)cc2)cc1. The van der Waals surface area contributed by atoms with Gasteiger partial charge in [-0.15, -0.1) is 0 Å². The highest BCUT2D eigenvalue weighted by atomic mass is 19.4. The van der Waals surface area contributed by atoms with E-state index in [0.717, 1.165) is 15.7 Å². The smallest absolute Gasteiger partial charge is 0.449 e. The maximum absolute atomic E-state index is 13.4. The summed E-state index contributed by atoms with van der Waals surface area (Å²) in [6.07, 6.45) is -4.76. The zero-order valence-corrected chi connectivity index (χ0v) is 18.5. The van der Waals surface area contributed by atoms with Gasteiger partial charge in [-0.3, -0.25) is 20.4 Å². The van der Waals surface area contributed by atoms with E-state index in [9.17, 15) is 22.8 Å². The number of nitriles is 1. The van der Waals surface area contributed by atoms with Gasteiger partial charge in [0, 0.05) is 0 Å². The fourth-order valence-corrected chi connectivity index (χ4v) is 3.44. The number of para-hydroxylation sites is 2. The summed E-state index contributed by atoms with van der Waals surface area (Å²) in [6, 6.07) is 21.9. The molecule has 0 atom stereocenters. The van der Waals surface area contributed by atoms with Gasteiger partial charge < -0.3 is 9.30 Å². The maximum atomic E-state index is 13.4. The molecule has 0 aliphatic carbocycles. The lowest BCUT2D eigenvalue weighted by Gasteiger charge is -2.12. The Labute approximate surface area is 202 Å². The molecule has 0 unspecified atom stereocenters. The molecule has 2 N–H and O–H groups in total. The van der Waals surface area contributed by atoms with Crippen LogP contribution < -0.4 is 15.6 Å². The summed E-state index contributed by atoms with van der Waals surface area (Å²) in [4.78, 5) is 27.8. The van der Waals surface area contributed by atoms with Gasteiger partial charge in [-0.1, -0.05) is 36.4 Å². The Morgan fingerprint density at radius 3 is 2.17 bits per heavy atom. The lowest BCUT2D eigenvalue weighted by Crippen LogP contribution is -2.45. The van der Waals surface area contributed by atoms with Crippen LogP contribution in [0.3, 0.4) is 0 Å². The van der Waals surface area contributed by atoms with Gasteiger partial charge in [-0.25, -0.2) is 4.98 Å². The molecule has 8 nitrogen and oxygen atoms in total. The summed E-state index contributed by atoms with van der Waals surface area (Å²) >= 11 is 0. The molecule has 4 aromatic rings. The Balaban J connectivity index is 1.30. The van der Waals surface area contributed by atoms with E-state index in [-0.39, 0.29) is 11.0 Å². The van der Waals surface area contributed by atoms with Crippen LogP contribution in [0.15, 0.2) is 72.8 Å². The Morgan fingerprint density at radius 2 is 1.53 bits per heavy atom. The topological polar surface area (TPSA) is 109 Å². The first-order chi connectivity index (χ1) is 17.2. The number of amides is 2. The lowest BCUT2D eigenvalue weighted by atomic mass is 10.0. The second kappa shape index (κ2) is 10.2. The molecule has 0 radical (unpaired) electrons. The average molecular weight is 493 g/mol. The van der Waals surface area contributed by atoms with Gasteiger partial charge in [-0.2, -0.15) is 18.4 Å². The Morgan fingerprint density at radius 1 is 0.917 bits per heavy atom. The van der Waals surface area contributed by atoms with Crippen molar-refractivity contribution in [2.24, 2.45) is 0 Å². The normalized spacial score (nSPS) is 11.1. The van der Waals surface area contributed by atoms with Crippen molar-refractivity contribution in [3.8, 4) is 22.9 Å². The molecule has 182 valence electrons. The molecule has 0 fully saturated rings. The average Bonchev–Trinajstić information content (AvgIpc) is 3.25. The molecule has 0 aliphatic heterocycles. The second-order valence-corrected chi connectivity index (χ2v) is 7.61. The summed E-state index contributed by atoms with van der Waals surface area (Å²) in [5.41, 5.74) is 6.77. The number of nitrogens with zero attached hydrogens (tertiary/aromatic N) is 3. The number of hydrazine groups is 1. The number of fused-ring (bicyclic) bond motifs is 1. The van der Waals surface area contributed by atoms with Crippen LogP contribution >= 0.6 is 0 Å². The quantitative estimate of drug-likeness (QED) is 0.397. The molecule has 0 bridgehead atoms. The monoisotopic (exact) mass is 493 g/mol. The van der Waals surface area contributed by atoms with Crippen LogP contribution in [-0.2, 0) is 22.3 Å². The summed E-state index contributed by atoms with van der Waals surface area (Å²) < 4.78 is 46.2. The number of benzene rings is 3. The molecule has 0 saturated carbocycles. The minimum atomic E-state index is -4.76.